The number of anilines is 2. The Labute approximate surface area is 299 Å². The zero-order chi connectivity index (χ0) is 35.9. The van der Waals surface area contributed by atoms with Gasteiger partial charge in [0.05, 0.1) is 33.0 Å². The third-order valence-electron chi connectivity index (χ3n) is 10.2. The normalized spacial score (nSPS) is 26.1. The number of amides is 3. The summed E-state index contributed by atoms with van der Waals surface area (Å²) in [6, 6.07) is 14.3. The summed E-state index contributed by atoms with van der Waals surface area (Å²) in [5, 5.41) is 14.4. The van der Waals surface area contributed by atoms with Crippen molar-refractivity contribution in [2.75, 3.05) is 16.8 Å². The van der Waals surface area contributed by atoms with Gasteiger partial charge < -0.3 is 15.0 Å². The molecule has 2 aliphatic carbocycles. The molecular formula is C34H24ClF3N4O7S2. The van der Waals surface area contributed by atoms with Gasteiger partial charge in [-0.05, 0) is 72.7 Å². The third kappa shape index (κ3) is 5.60. The number of hydrogen-bond donors (Lipinski definition) is 2. The fraction of sp³-hybridized carbons (Fsp3) is 0.294. The SMILES string of the molecule is O=C(COc1ccc(Cl)cc1[C@H]1c2sc(=O)[nH]c2SC2C3CC(C4C(=O)N(c5ccc([N+](=O)[O-])cc5)C(=O)C34)C21)Nc1cccc(C(F)(F)F)c1. The van der Waals surface area contributed by atoms with E-state index >= 15 is 0 Å². The van der Waals surface area contributed by atoms with Crippen LogP contribution >= 0.6 is 34.7 Å². The lowest BCUT2D eigenvalue weighted by Gasteiger charge is -2.43. The summed E-state index contributed by atoms with van der Waals surface area (Å²) >= 11 is 9.01. The minimum absolute atomic E-state index is 0.0567. The number of rotatable bonds is 7. The monoisotopic (exact) mass is 756 g/mol. The molecule has 1 aromatic heterocycles. The van der Waals surface area contributed by atoms with Crippen molar-refractivity contribution in [2.24, 2.45) is 29.6 Å². The van der Waals surface area contributed by atoms with Crippen LogP contribution in [-0.4, -0.2) is 39.5 Å². The van der Waals surface area contributed by atoms with E-state index in [4.69, 9.17) is 16.3 Å². The Bertz CT molecular complexity index is 2190. The smallest absolute Gasteiger partial charge is 0.416 e. The number of H-pyrrole nitrogens is 1. The van der Waals surface area contributed by atoms with Gasteiger partial charge in [0.15, 0.2) is 6.61 Å². The number of alkyl halides is 3. The van der Waals surface area contributed by atoms with Gasteiger partial charge in [-0.15, -0.1) is 11.8 Å². The van der Waals surface area contributed by atoms with Gasteiger partial charge in [-0.1, -0.05) is 29.0 Å². The molecule has 7 atom stereocenters. The standard InChI is InChI=1S/C34H24ClF3N4O7S2/c35-15-4-9-22(49-13-23(43)39-16-3-1-2-14(10-16)34(36,37)38)19(11-15)24-25-20-12-21(28(25)50-30-29(24)51-33(46)40-30)27-26(20)31(44)41(32(27)45)17-5-7-18(8-6-17)42(47)48/h1-11,20-21,24-28H,12-13H2,(H,39,43)(H,40,46)/t20?,21?,24-,25?,26?,27?,28?/m1/s1. The van der Waals surface area contributed by atoms with Gasteiger partial charge in [0.2, 0.25) is 11.8 Å². The maximum absolute atomic E-state index is 14.1. The number of non-ortho nitro benzene ring substituents is 1. The number of halogens is 4. The van der Waals surface area contributed by atoms with Crippen LogP contribution in [0.25, 0.3) is 0 Å². The van der Waals surface area contributed by atoms with E-state index in [2.05, 4.69) is 10.3 Å². The Kier molecular flexibility index (Phi) is 8.03. The van der Waals surface area contributed by atoms with Crippen LogP contribution in [0.15, 0.2) is 76.6 Å². The molecule has 262 valence electrons. The molecule has 2 saturated carbocycles. The summed E-state index contributed by atoms with van der Waals surface area (Å²) in [4.78, 5) is 68.7. The Morgan fingerprint density at radius 3 is 2.47 bits per heavy atom. The van der Waals surface area contributed by atoms with Gasteiger partial charge in [-0.3, -0.25) is 34.2 Å². The molecule has 1 saturated heterocycles. The maximum atomic E-state index is 14.1. The number of imide groups is 1. The minimum Gasteiger partial charge on any atom is -0.483 e. The van der Waals surface area contributed by atoms with Crippen LogP contribution in [0.1, 0.15) is 28.3 Å². The van der Waals surface area contributed by atoms with E-state index in [-0.39, 0.29) is 62.5 Å². The number of nitrogens with zero attached hydrogens (tertiary/aromatic N) is 2. The molecule has 51 heavy (non-hydrogen) atoms. The van der Waals surface area contributed by atoms with Crippen LogP contribution in [0.3, 0.4) is 0 Å². The maximum Gasteiger partial charge on any atom is 0.416 e. The zero-order valence-electron chi connectivity index (χ0n) is 25.9. The quantitative estimate of drug-likeness (QED) is 0.120. The van der Waals surface area contributed by atoms with Crippen molar-refractivity contribution in [3.63, 3.8) is 0 Å². The summed E-state index contributed by atoms with van der Waals surface area (Å²) in [6.07, 6.45) is -4.00. The summed E-state index contributed by atoms with van der Waals surface area (Å²) in [5.74, 6) is -3.67. The summed E-state index contributed by atoms with van der Waals surface area (Å²) in [6.45, 7) is -0.551. The molecule has 2 aliphatic heterocycles. The fourth-order valence-electron chi connectivity index (χ4n) is 8.35. The fourth-order valence-corrected chi connectivity index (χ4v) is 11.4. The van der Waals surface area contributed by atoms with Gasteiger partial charge in [-0.25, -0.2) is 0 Å². The number of hydrogen-bond acceptors (Lipinski definition) is 9. The van der Waals surface area contributed by atoms with Crippen molar-refractivity contribution in [3.8, 4) is 5.75 Å². The lowest BCUT2D eigenvalue weighted by molar-refractivity contribution is -0.384. The number of ether oxygens (including phenoxy) is 1. The van der Waals surface area contributed by atoms with Crippen molar-refractivity contribution >= 4 is 69.5 Å². The predicted octanol–water partition coefficient (Wildman–Crippen LogP) is 6.71. The number of nitrogens with one attached hydrogen (secondary N) is 2. The first-order valence-electron chi connectivity index (χ1n) is 15.7. The Morgan fingerprint density at radius 2 is 1.76 bits per heavy atom. The molecular weight excluding hydrogens is 733 g/mol. The number of nitro groups is 1. The molecule has 3 aromatic carbocycles. The molecule has 6 unspecified atom stereocenters. The Balaban J connectivity index is 1.11. The van der Waals surface area contributed by atoms with E-state index in [1.165, 1.54) is 48.2 Å². The van der Waals surface area contributed by atoms with Gasteiger partial charge >= 0.3 is 11.0 Å². The number of benzene rings is 3. The molecule has 2 N–H and O–H groups in total. The van der Waals surface area contributed by atoms with Crippen LogP contribution in [0.5, 0.6) is 5.75 Å². The zero-order valence-corrected chi connectivity index (χ0v) is 28.3. The van der Waals surface area contributed by atoms with Crippen molar-refractivity contribution in [3.05, 3.63) is 108 Å². The number of fused-ring (bicyclic) bond motifs is 9. The lowest BCUT2D eigenvalue weighted by Crippen LogP contribution is -2.42. The number of aromatic amines is 1. The van der Waals surface area contributed by atoms with Gasteiger partial charge in [0.1, 0.15) is 5.75 Å². The second-order valence-corrected chi connectivity index (χ2v) is 15.5. The summed E-state index contributed by atoms with van der Waals surface area (Å²) in [7, 11) is 0. The molecule has 0 spiro atoms. The van der Waals surface area contributed by atoms with Crippen molar-refractivity contribution in [2.45, 2.75) is 28.8 Å². The highest BCUT2D eigenvalue weighted by Gasteiger charge is 2.70. The minimum atomic E-state index is -4.59. The number of thioether (sulfide) groups is 1. The average molecular weight is 757 g/mol. The van der Waals surface area contributed by atoms with E-state index in [0.717, 1.165) is 28.4 Å². The Hall–Kier alpha value is -4.67. The number of aromatic nitrogens is 1. The van der Waals surface area contributed by atoms with Crippen molar-refractivity contribution < 1.29 is 37.2 Å². The van der Waals surface area contributed by atoms with E-state index in [9.17, 15) is 42.5 Å². The topological polar surface area (TPSA) is 152 Å². The molecule has 3 fully saturated rings. The van der Waals surface area contributed by atoms with E-state index in [1.54, 1.807) is 18.2 Å². The molecule has 2 bridgehead atoms. The first-order valence-corrected chi connectivity index (χ1v) is 17.8. The summed E-state index contributed by atoms with van der Waals surface area (Å²) in [5.41, 5.74) is -0.322. The summed E-state index contributed by atoms with van der Waals surface area (Å²) < 4.78 is 45.6. The first-order chi connectivity index (χ1) is 24.3. The van der Waals surface area contributed by atoms with Crippen LogP contribution in [-0.2, 0) is 20.6 Å². The predicted molar refractivity (Wildman–Crippen MR) is 181 cm³/mol. The van der Waals surface area contributed by atoms with Gasteiger partial charge in [0, 0.05) is 44.5 Å². The average Bonchev–Trinajstić information content (AvgIpc) is 3.82. The second kappa shape index (κ2) is 12.2. The van der Waals surface area contributed by atoms with Crippen molar-refractivity contribution in [1.29, 1.82) is 0 Å². The number of carbonyl (C=O) groups is 3. The largest absolute Gasteiger partial charge is 0.483 e. The highest BCUT2D eigenvalue weighted by molar-refractivity contribution is 8.00. The number of carbonyl (C=O) groups excluding carboxylic acids is 3. The van der Waals surface area contributed by atoms with E-state index < -0.39 is 46.9 Å². The molecule has 17 heteroatoms. The molecule has 3 amide bonds. The Morgan fingerprint density at radius 1 is 1.04 bits per heavy atom. The van der Waals surface area contributed by atoms with Crippen molar-refractivity contribution in [1.82, 2.24) is 4.98 Å². The highest BCUT2D eigenvalue weighted by Crippen LogP contribution is 2.69. The highest BCUT2D eigenvalue weighted by atomic mass is 35.5. The third-order valence-corrected chi connectivity index (χ3v) is 13.0. The first kappa shape index (κ1) is 33.5. The van der Waals surface area contributed by atoms with Crippen LogP contribution in [0, 0.1) is 39.7 Å². The molecule has 3 heterocycles. The molecule has 0 radical (unpaired) electrons. The van der Waals surface area contributed by atoms with Crippen LogP contribution < -0.4 is 19.8 Å². The van der Waals surface area contributed by atoms with Gasteiger partial charge in [-0.2, -0.15) is 13.2 Å². The lowest BCUT2D eigenvalue weighted by atomic mass is 9.68. The number of thiazole rings is 1. The molecule has 4 aromatic rings. The number of nitro benzene ring substituents is 1. The molecule has 4 aliphatic rings. The van der Waals surface area contributed by atoms with E-state index in [1.807, 2.05) is 0 Å². The molecule has 11 nitrogen and oxygen atoms in total. The van der Waals surface area contributed by atoms with Crippen LogP contribution in [0.4, 0.5) is 30.2 Å². The van der Waals surface area contributed by atoms with Crippen LogP contribution in [0.2, 0.25) is 5.02 Å². The van der Waals surface area contributed by atoms with E-state index in [0.29, 0.717) is 26.9 Å². The van der Waals surface area contributed by atoms with Gasteiger partial charge in [0.25, 0.3) is 11.6 Å². The molecule has 8 rings (SSSR count). The second-order valence-electron chi connectivity index (χ2n) is 12.8.